The molecule has 0 aliphatic carbocycles. The Bertz CT molecular complexity index is 403. The van der Waals surface area contributed by atoms with Gasteiger partial charge in [-0.3, -0.25) is 0 Å². The normalized spacial score (nSPS) is 11.3. The van der Waals surface area contributed by atoms with Crippen LogP contribution in [0.5, 0.6) is 0 Å². The summed E-state index contributed by atoms with van der Waals surface area (Å²) in [7, 11) is 7.72. The summed E-state index contributed by atoms with van der Waals surface area (Å²) in [5.41, 5.74) is -0.467. The second-order valence-corrected chi connectivity index (χ2v) is 5.09. The van der Waals surface area contributed by atoms with Crippen molar-refractivity contribution in [2.75, 3.05) is 0 Å². The van der Waals surface area contributed by atoms with E-state index in [0.29, 0.717) is 5.30 Å². The van der Waals surface area contributed by atoms with Gasteiger partial charge in [0, 0.05) is 0 Å². The number of halogens is 1. The molecular formula is C11H13BFO2P. The quantitative estimate of drug-likeness (QED) is 0.415. The first-order valence-corrected chi connectivity index (χ1v) is 5.36. The number of rotatable bonds is 1. The number of esters is 1. The Morgan fingerprint density at radius 1 is 1.44 bits per heavy atom. The predicted molar refractivity (Wildman–Crippen MR) is 66.3 cm³/mol. The van der Waals surface area contributed by atoms with E-state index in [-0.39, 0.29) is 11.0 Å². The van der Waals surface area contributed by atoms with Crippen molar-refractivity contribution in [1.82, 2.24) is 0 Å². The predicted octanol–water partition coefficient (Wildman–Crippen LogP) is 1.08. The van der Waals surface area contributed by atoms with E-state index in [2.05, 4.69) is 9.24 Å². The molecule has 1 aromatic rings. The van der Waals surface area contributed by atoms with E-state index in [1.807, 2.05) is 0 Å². The highest BCUT2D eigenvalue weighted by atomic mass is 31.0. The molecule has 1 atom stereocenters. The zero-order chi connectivity index (χ0) is 12.5. The maximum Gasteiger partial charge on any atom is 0.342 e. The zero-order valence-corrected chi connectivity index (χ0v) is 10.7. The molecule has 0 spiro atoms. The number of carbonyl (C=O) groups is 1. The Kier molecular flexibility index (Phi) is 3.74. The summed E-state index contributed by atoms with van der Waals surface area (Å²) in [6, 6.07) is 2.61. The van der Waals surface area contributed by atoms with Crippen molar-refractivity contribution in [3.05, 3.63) is 23.5 Å². The third-order valence-corrected chi connectivity index (χ3v) is 2.20. The van der Waals surface area contributed by atoms with Gasteiger partial charge in [-0.1, -0.05) is 11.5 Å². The third kappa shape index (κ3) is 3.31. The van der Waals surface area contributed by atoms with Gasteiger partial charge in [0.1, 0.15) is 24.8 Å². The first-order chi connectivity index (χ1) is 7.20. The fourth-order valence-electron chi connectivity index (χ4n) is 1.19. The number of benzene rings is 1. The Hall–Kier alpha value is -0.885. The van der Waals surface area contributed by atoms with E-state index in [9.17, 15) is 9.18 Å². The molecule has 0 amide bonds. The fraction of sp³-hybridized carbons (Fsp3) is 0.364. The smallest absolute Gasteiger partial charge is 0.342 e. The van der Waals surface area contributed by atoms with Crippen LogP contribution >= 0.6 is 9.24 Å². The SMILES string of the molecule is [B]c1cc(F)c(C(=O)OC(C)(C)C)c(P)c1. The summed E-state index contributed by atoms with van der Waals surface area (Å²) < 4.78 is 18.6. The van der Waals surface area contributed by atoms with Crippen molar-refractivity contribution in [3.8, 4) is 0 Å². The highest BCUT2D eigenvalue weighted by Gasteiger charge is 2.22. The summed E-state index contributed by atoms with van der Waals surface area (Å²) in [6.07, 6.45) is 0. The van der Waals surface area contributed by atoms with Gasteiger partial charge in [0.2, 0.25) is 0 Å². The molecule has 0 bridgehead atoms. The van der Waals surface area contributed by atoms with Crippen molar-refractivity contribution in [2.24, 2.45) is 0 Å². The minimum Gasteiger partial charge on any atom is -0.456 e. The van der Waals surface area contributed by atoms with Crippen LogP contribution in [0.4, 0.5) is 4.39 Å². The van der Waals surface area contributed by atoms with Crippen LogP contribution in [0, 0.1) is 5.82 Å². The van der Waals surface area contributed by atoms with Gasteiger partial charge < -0.3 is 4.74 Å². The molecule has 2 radical (unpaired) electrons. The van der Waals surface area contributed by atoms with Crippen molar-refractivity contribution in [3.63, 3.8) is 0 Å². The number of ether oxygens (including phenoxy) is 1. The monoisotopic (exact) mass is 238 g/mol. The van der Waals surface area contributed by atoms with Crippen LogP contribution in [0.25, 0.3) is 0 Å². The van der Waals surface area contributed by atoms with Crippen LogP contribution in [0.1, 0.15) is 31.1 Å². The molecule has 0 heterocycles. The maximum absolute atomic E-state index is 13.5. The van der Waals surface area contributed by atoms with Crippen LogP contribution in [-0.2, 0) is 4.74 Å². The lowest BCUT2D eigenvalue weighted by Gasteiger charge is -2.20. The summed E-state index contributed by atoms with van der Waals surface area (Å²) in [5.74, 6) is -1.35. The van der Waals surface area contributed by atoms with E-state index >= 15 is 0 Å². The van der Waals surface area contributed by atoms with Gasteiger partial charge in [0.05, 0.1) is 0 Å². The number of carbonyl (C=O) groups excluding carboxylic acids is 1. The zero-order valence-electron chi connectivity index (χ0n) is 9.50. The largest absolute Gasteiger partial charge is 0.456 e. The van der Waals surface area contributed by atoms with Crippen molar-refractivity contribution < 1.29 is 13.9 Å². The van der Waals surface area contributed by atoms with Gasteiger partial charge in [-0.2, -0.15) is 0 Å². The molecule has 0 saturated carbocycles. The lowest BCUT2D eigenvalue weighted by Crippen LogP contribution is -2.28. The summed E-state index contributed by atoms with van der Waals surface area (Å²) >= 11 is 0. The second kappa shape index (κ2) is 4.54. The molecule has 1 unspecified atom stereocenters. The van der Waals surface area contributed by atoms with Crippen molar-refractivity contribution >= 4 is 33.8 Å². The molecule has 2 nitrogen and oxygen atoms in total. The van der Waals surface area contributed by atoms with E-state index in [1.54, 1.807) is 20.8 Å². The Labute approximate surface area is 98.2 Å². The Morgan fingerprint density at radius 3 is 2.44 bits per heavy atom. The third-order valence-electron chi connectivity index (χ3n) is 1.75. The Morgan fingerprint density at radius 2 is 2.00 bits per heavy atom. The molecule has 0 aromatic heterocycles. The molecule has 0 aliphatic rings. The molecule has 1 aromatic carbocycles. The average molecular weight is 238 g/mol. The highest BCUT2D eigenvalue weighted by molar-refractivity contribution is 7.27. The molecule has 1 rings (SSSR count). The van der Waals surface area contributed by atoms with Gasteiger partial charge in [-0.15, -0.1) is 9.24 Å². The van der Waals surface area contributed by atoms with E-state index in [1.165, 1.54) is 6.07 Å². The van der Waals surface area contributed by atoms with Crippen molar-refractivity contribution in [1.29, 1.82) is 0 Å². The highest BCUT2D eigenvalue weighted by Crippen LogP contribution is 2.14. The molecule has 5 heteroatoms. The lowest BCUT2D eigenvalue weighted by molar-refractivity contribution is 0.00666. The van der Waals surface area contributed by atoms with E-state index in [4.69, 9.17) is 12.6 Å². The average Bonchev–Trinajstić information content (AvgIpc) is 1.96. The first kappa shape index (κ1) is 13.2. The summed E-state index contributed by atoms with van der Waals surface area (Å²) in [5, 5.41) is 0.395. The van der Waals surface area contributed by atoms with Crippen LogP contribution in [-0.4, -0.2) is 19.4 Å². The number of hydrogen-bond acceptors (Lipinski definition) is 2. The number of hydrogen-bond donors (Lipinski definition) is 0. The van der Waals surface area contributed by atoms with Gasteiger partial charge in [-0.25, -0.2) is 9.18 Å². The minimum absolute atomic E-state index is 0.0888. The summed E-state index contributed by atoms with van der Waals surface area (Å²) in [4.78, 5) is 11.7. The molecule has 0 saturated heterocycles. The van der Waals surface area contributed by atoms with Crippen LogP contribution in [0.2, 0.25) is 0 Å². The first-order valence-electron chi connectivity index (χ1n) is 4.78. The van der Waals surface area contributed by atoms with Crippen LogP contribution < -0.4 is 10.8 Å². The molecule has 0 N–H and O–H groups in total. The molecule has 84 valence electrons. The van der Waals surface area contributed by atoms with Crippen LogP contribution in [0.15, 0.2) is 12.1 Å². The minimum atomic E-state index is -0.685. The Balaban J connectivity index is 3.10. The summed E-state index contributed by atoms with van der Waals surface area (Å²) in [6.45, 7) is 5.17. The van der Waals surface area contributed by atoms with Crippen molar-refractivity contribution in [2.45, 2.75) is 26.4 Å². The topological polar surface area (TPSA) is 26.3 Å². The van der Waals surface area contributed by atoms with Crippen LogP contribution in [0.3, 0.4) is 0 Å². The molecule has 16 heavy (non-hydrogen) atoms. The second-order valence-electron chi connectivity index (χ2n) is 4.47. The molecular weight excluding hydrogens is 225 g/mol. The van der Waals surface area contributed by atoms with Gasteiger partial charge in [0.25, 0.3) is 0 Å². The lowest BCUT2D eigenvalue weighted by atomic mass is 9.95. The molecule has 0 fully saturated rings. The van der Waals surface area contributed by atoms with E-state index < -0.39 is 17.4 Å². The van der Waals surface area contributed by atoms with E-state index in [0.717, 1.165) is 6.07 Å². The maximum atomic E-state index is 13.5. The fourth-order valence-corrected chi connectivity index (χ4v) is 1.64. The van der Waals surface area contributed by atoms with Gasteiger partial charge in [-0.05, 0) is 32.1 Å². The molecule has 0 aliphatic heterocycles. The standard InChI is InChI=1S/C11H13BFO2P/c1-11(2,3)15-10(14)9-7(13)4-6(12)5-8(9)16/h4-5H,16H2,1-3H3. The van der Waals surface area contributed by atoms with Gasteiger partial charge >= 0.3 is 5.97 Å². The van der Waals surface area contributed by atoms with Gasteiger partial charge in [0.15, 0.2) is 0 Å².